The number of piperidine rings is 1. The van der Waals surface area contributed by atoms with Gasteiger partial charge in [-0.25, -0.2) is 0 Å². The smallest absolute Gasteiger partial charge is 0.308 e. The van der Waals surface area contributed by atoms with Gasteiger partial charge in [0.1, 0.15) is 11.9 Å². The Bertz CT molecular complexity index is 788. The number of carbonyl (C=O) groups excluding carboxylic acids is 1. The van der Waals surface area contributed by atoms with E-state index in [1.807, 2.05) is 44.2 Å². The monoisotopic (exact) mass is 367 g/mol. The number of carbonyl (C=O) groups is 2. The molecule has 27 heavy (non-hydrogen) atoms. The molecular weight excluding hydrogens is 342 g/mol. The zero-order valence-electron chi connectivity index (χ0n) is 15.7. The van der Waals surface area contributed by atoms with Gasteiger partial charge >= 0.3 is 5.97 Å². The SMILES string of the molecule is CC(Oc1ccc(C(=O)N2CC(C(=O)O)CCC2C)cc1)c1ccccc1. The van der Waals surface area contributed by atoms with Crippen molar-refractivity contribution in [1.29, 1.82) is 0 Å². The standard InChI is InChI=1S/C22H25NO4/c1-15-8-9-19(22(25)26)14-23(15)21(24)18-10-12-20(13-11-18)27-16(2)17-6-4-3-5-7-17/h3-7,10-13,15-16,19H,8-9,14H2,1-2H3,(H,25,26). The van der Waals surface area contributed by atoms with Gasteiger partial charge in [0.05, 0.1) is 5.92 Å². The van der Waals surface area contributed by atoms with Crippen LogP contribution < -0.4 is 4.74 Å². The average molecular weight is 367 g/mol. The largest absolute Gasteiger partial charge is 0.486 e. The second kappa shape index (κ2) is 8.25. The molecule has 0 saturated carbocycles. The lowest BCUT2D eigenvalue weighted by Gasteiger charge is -2.36. The first kappa shape index (κ1) is 19.0. The summed E-state index contributed by atoms with van der Waals surface area (Å²) in [6.45, 7) is 4.21. The molecule has 1 aliphatic rings. The first-order chi connectivity index (χ1) is 13.0. The molecule has 0 aromatic heterocycles. The molecule has 2 aromatic rings. The number of rotatable bonds is 5. The third-order valence-corrected chi connectivity index (χ3v) is 5.18. The van der Waals surface area contributed by atoms with E-state index in [0.717, 1.165) is 5.56 Å². The van der Waals surface area contributed by atoms with Gasteiger partial charge in [-0.05, 0) is 56.5 Å². The fraction of sp³-hybridized carbons (Fsp3) is 0.364. The predicted octanol–water partition coefficient (Wildman–Crippen LogP) is 4.15. The highest BCUT2D eigenvalue weighted by Crippen LogP contribution is 2.26. The summed E-state index contributed by atoms with van der Waals surface area (Å²) in [5.74, 6) is -0.757. The minimum Gasteiger partial charge on any atom is -0.486 e. The van der Waals surface area contributed by atoms with Crippen LogP contribution in [0, 0.1) is 5.92 Å². The number of hydrogen-bond acceptors (Lipinski definition) is 3. The van der Waals surface area contributed by atoms with E-state index in [4.69, 9.17) is 4.74 Å². The van der Waals surface area contributed by atoms with Crippen molar-refractivity contribution < 1.29 is 19.4 Å². The van der Waals surface area contributed by atoms with Crippen molar-refractivity contribution in [3.63, 3.8) is 0 Å². The van der Waals surface area contributed by atoms with Crippen LogP contribution in [-0.2, 0) is 4.79 Å². The number of carboxylic acids is 1. The summed E-state index contributed by atoms with van der Waals surface area (Å²) in [5, 5.41) is 9.25. The fourth-order valence-electron chi connectivity index (χ4n) is 3.43. The maximum atomic E-state index is 12.8. The van der Waals surface area contributed by atoms with Crippen molar-refractivity contribution in [2.75, 3.05) is 6.54 Å². The Morgan fingerprint density at radius 2 is 1.74 bits per heavy atom. The van der Waals surface area contributed by atoms with Crippen LogP contribution in [0.2, 0.25) is 0 Å². The average Bonchev–Trinajstić information content (AvgIpc) is 2.69. The Hall–Kier alpha value is -2.82. The number of ether oxygens (including phenoxy) is 1. The topological polar surface area (TPSA) is 66.8 Å². The second-order valence-electron chi connectivity index (χ2n) is 7.11. The van der Waals surface area contributed by atoms with Crippen LogP contribution in [0.5, 0.6) is 5.75 Å². The molecule has 1 N–H and O–H groups in total. The number of nitrogens with zero attached hydrogens (tertiary/aromatic N) is 1. The van der Waals surface area contributed by atoms with Gasteiger partial charge in [-0.2, -0.15) is 0 Å². The highest BCUT2D eigenvalue weighted by molar-refractivity contribution is 5.95. The van der Waals surface area contributed by atoms with Crippen molar-refractivity contribution >= 4 is 11.9 Å². The summed E-state index contributed by atoms with van der Waals surface area (Å²) < 4.78 is 5.95. The number of hydrogen-bond donors (Lipinski definition) is 1. The molecule has 142 valence electrons. The molecule has 2 aromatic carbocycles. The number of carboxylic acid groups (broad SMARTS) is 1. The van der Waals surface area contributed by atoms with E-state index < -0.39 is 11.9 Å². The van der Waals surface area contributed by atoms with Crippen LogP contribution in [0.15, 0.2) is 54.6 Å². The van der Waals surface area contributed by atoms with E-state index in [-0.39, 0.29) is 24.6 Å². The van der Waals surface area contributed by atoms with Crippen LogP contribution in [0.25, 0.3) is 0 Å². The normalized spacial score (nSPS) is 20.7. The minimum absolute atomic E-state index is 0.0436. The fourth-order valence-corrected chi connectivity index (χ4v) is 3.43. The molecule has 0 spiro atoms. The third-order valence-electron chi connectivity index (χ3n) is 5.18. The first-order valence-electron chi connectivity index (χ1n) is 9.31. The van der Waals surface area contributed by atoms with Crippen molar-refractivity contribution in [3.05, 3.63) is 65.7 Å². The van der Waals surface area contributed by atoms with E-state index in [0.29, 0.717) is 24.2 Å². The Morgan fingerprint density at radius 1 is 1.07 bits per heavy atom. The van der Waals surface area contributed by atoms with Gasteiger partial charge in [0.2, 0.25) is 0 Å². The zero-order chi connectivity index (χ0) is 19.4. The van der Waals surface area contributed by atoms with Crippen LogP contribution in [0.1, 0.15) is 48.7 Å². The Labute approximate surface area is 159 Å². The summed E-state index contributed by atoms with van der Waals surface area (Å²) >= 11 is 0. The molecular formula is C22H25NO4. The summed E-state index contributed by atoms with van der Waals surface area (Å²) in [5.41, 5.74) is 1.63. The van der Waals surface area contributed by atoms with E-state index in [1.54, 1.807) is 29.2 Å². The van der Waals surface area contributed by atoms with Crippen molar-refractivity contribution in [1.82, 2.24) is 4.90 Å². The van der Waals surface area contributed by atoms with E-state index in [1.165, 1.54) is 0 Å². The van der Waals surface area contributed by atoms with Crippen LogP contribution in [0.3, 0.4) is 0 Å². The summed E-state index contributed by atoms with van der Waals surface area (Å²) in [4.78, 5) is 25.8. The van der Waals surface area contributed by atoms with E-state index >= 15 is 0 Å². The maximum absolute atomic E-state index is 12.8. The maximum Gasteiger partial charge on any atom is 0.308 e. The van der Waals surface area contributed by atoms with Gasteiger partial charge in [-0.15, -0.1) is 0 Å². The molecule has 5 heteroatoms. The lowest BCUT2D eigenvalue weighted by molar-refractivity contribution is -0.143. The van der Waals surface area contributed by atoms with Crippen molar-refractivity contribution in [2.24, 2.45) is 5.92 Å². The summed E-state index contributed by atoms with van der Waals surface area (Å²) in [7, 11) is 0. The highest BCUT2D eigenvalue weighted by atomic mass is 16.5. The molecule has 1 fully saturated rings. The number of benzene rings is 2. The number of likely N-dealkylation sites (tertiary alicyclic amines) is 1. The van der Waals surface area contributed by atoms with Crippen molar-refractivity contribution in [2.45, 2.75) is 38.8 Å². The lowest BCUT2D eigenvalue weighted by Crippen LogP contribution is -2.47. The first-order valence-corrected chi connectivity index (χ1v) is 9.31. The zero-order valence-corrected chi connectivity index (χ0v) is 15.7. The molecule has 3 atom stereocenters. The minimum atomic E-state index is -0.835. The second-order valence-corrected chi connectivity index (χ2v) is 7.11. The molecule has 1 aliphatic heterocycles. The van der Waals surface area contributed by atoms with Gasteiger partial charge < -0.3 is 14.7 Å². The molecule has 1 saturated heterocycles. The Morgan fingerprint density at radius 3 is 2.37 bits per heavy atom. The van der Waals surface area contributed by atoms with Gasteiger partial charge in [-0.1, -0.05) is 30.3 Å². The molecule has 0 bridgehead atoms. The molecule has 0 aliphatic carbocycles. The van der Waals surface area contributed by atoms with Gasteiger partial charge in [0, 0.05) is 18.2 Å². The quantitative estimate of drug-likeness (QED) is 0.862. The molecule has 5 nitrogen and oxygen atoms in total. The van der Waals surface area contributed by atoms with E-state index in [9.17, 15) is 14.7 Å². The molecule has 1 heterocycles. The number of amides is 1. The molecule has 1 amide bonds. The van der Waals surface area contributed by atoms with Gasteiger partial charge in [-0.3, -0.25) is 9.59 Å². The Kier molecular flexibility index (Phi) is 5.79. The summed E-state index contributed by atoms with van der Waals surface area (Å²) in [6, 6.07) is 17.0. The van der Waals surface area contributed by atoms with Crippen LogP contribution in [-0.4, -0.2) is 34.5 Å². The van der Waals surface area contributed by atoms with Gasteiger partial charge in [0.15, 0.2) is 0 Å². The predicted molar refractivity (Wildman–Crippen MR) is 103 cm³/mol. The van der Waals surface area contributed by atoms with Gasteiger partial charge in [0.25, 0.3) is 5.91 Å². The van der Waals surface area contributed by atoms with Crippen molar-refractivity contribution in [3.8, 4) is 5.75 Å². The lowest BCUT2D eigenvalue weighted by atomic mass is 9.93. The van der Waals surface area contributed by atoms with E-state index in [2.05, 4.69) is 0 Å². The Balaban J connectivity index is 1.67. The number of aliphatic carboxylic acids is 1. The molecule has 0 radical (unpaired) electrons. The molecule has 3 rings (SSSR count). The summed E-state index contributed by atoms with van der Waals surface area (Å²) in [6.07, 6.45) is 1.23. The third kappa shape index (κ3) is 4.48. The van der Waals surface area contributed by atoms with Crippen LogP contribution >= 0.6 is 0 Å². The molecule has 3 unspecified atom stereocenters. The highest BCUT2D eigenvalue weighted by Gasteiger charge is 2.32. The van der Waals surface area contributed by atoms with Crippen LogP contribution in [0.4, 0.5) is 0 Å².